The molecule has 1 aromatic rings. The molecule has 5 heteroatoms. The first-order chi connectivity index (χ1) is 9.10. The third-order valence-corrected chi connectivity index (χ3v) is 4.17. The fourth-order valence-electron chi connectivity index (χ4n) is 2.45. The summed E-state index contributed by atoms with van der Waals surface area (Å²) >= 11 is 11.9. The molecule has 0 amide bonds. The van der Waals surface area contributed by atoms with Gasteiger partial charge in [0, 0.05) is 13.1 Å². The Hall–Kier alpha value is -0.770. The van der Waals surface area contributed by atoms with Crippen LogP contribution in [0.4, 0.5) is 0 Å². The van der Waals surface area contributed by atoms with E-state index in [2.05, 4.69) is 4.90 Å². The van der Waals surface area contributed by atoms with Gasteiger partial charge < -0.3 is 4.74 Å². The number of hydrogen-bond donors (Lipinski definition) is 0. The zero-order valence-corrected chi connectivity index (χ0v) is 12.4. The van der Waals surface area contributed by atoms with Crippen molar-refractivity contribution in [3.63, 3.8) is 0 Å². The molecule has 0 aliphatic carbocycles. The van der Waals surface area contributed by atoms with E-state index in [1.165, 1.54) is 7.11 Å². The first kappa shape index (κ1) is 14.6. The number of likely N-dealkylation sites (tertiary alicyclic amines) is 1. The Balaban J connectivity index is 1.98. The van der Waals surface area contributed by atoms with Crippen molar-refractivity contribution in [2.45, 2.75) is 19.4 Å². The van der Waals surface area contributed by atoms with E-state index in [1.807, 2.05) is 12.1 Å². The average Bonchev–Trinajstić information content (AvgIpc) is 2.42. The van der Waals surface area contributed by atoms with E-state index in [0.29, 0.717) is 10.0 Å². The van der Waals surface area contributed by atoms with Gasteiger partial charge in [-0.3, -0.25) is 9.69 Å². The molecule has 1 aromatic carbocycles. The molecule has 19 heavy (non-hydrogen) atoms. The van der Waals surface area contributed by atoms with Crippen molar-refractivity contribution in [1.29, 1.82) is 0 Å². The van der Waals surface area contributed by atoms with E-state index in [0.717, 1.165) is 38.0 Å². The summed E-state index contributed by atoms with van der Waals surface area (Å²) in [5, 5.41) is 1.14. The Kier molecular flexibility index (Phi) is 5.08. The van der Waals surface area contributed by atoms with Crippen LogP contribution in [0.15, 0.2) is 18.2 Å². The molecule has 0 radical (unpaired) electrons. The minimum Gasteiger partial charge on any atom is -0.469 e. The van der Waals surface area contributed by atoms with E-state index >= 15 is 0 Å². The first-order valence-corrected chi connectivity index (χ1v) is 7.10. The number of rotatable bonds is 3. The lowest BCUT2D eigenvalue weighted by atomic mass is 9.98. The molecule has 0 spiro atoms. The van der Waals surface area contributed by atoms with Gasteiger partial charge in [-0.2, -0.15) is 0 Å². The van der Waals surface area contributed by atoms with E-state index in [-0.39, 0.29) is 11.9 Å². The highest BCUT2D eigenvalue weighted by Crippen LogP contribution is 2.25. The second-order valence-corrected chi connectivity index (χ2v) is 5.66. The van der Waals surface area contributed by atoms with Crippen LogP contribution in [0.5, 0.6) is 0 Å². The normalized spacial score (nSPS) is 20.3. The van der Waals surface area contributed by atoms with Gasteiger partial charge >= 0.3 is 5.97 Å². The molecule has 1 aliphatic heterocycles. The zero-order chi connectivity index (χ0) is 13.8. The van der Waals surface area contributed by atoms with Crippen molar-refractivity contribution in [3.05, 3.63) is 33.8 Å². The Morgan fingerprint density at radius 3 is 2.89 bits per heavy atom. The number of hydrogen-bond acceptors (Lipinski definition) is 3. The second-order valence-electron chi connectivity index (χ2n) is 4.85. The summed E-state index contributed by atoms with van der Waals surface area (Å²) in [6, 6.07) is 5.66. The molecule has 0 N–H and O–H groups in total. The predicted octanol–water partition coefficient (Wildman–Crippen LogP) is 3.38. The summed E-state index contributed by atoms with van der Waals surface area (Å²) in [6.45, 7) is 2.52. The summed E-state index contributed by atoms with van der Waals surface area (Å²) in [7, 11) is 1.44. The number of benzene rings is 1. The maximum absolute atomic E-state index is 11.6. The molecule has 1 heterocycles. The third kappa shape index (κ3) is 3.85. The molecule has 1 atom stereocenters. The van der Waals surface area contributed by atoms with E-state index in [9.17, 15) is 4.79 Å². The summed E-state index contributed by atoms with van der Waals surface area (Å²) in [6.07, 6.45) is 1.92. The molecule has 3 nitrogen and oxygen atoms in total. The third-order valence-electron chi connectivity index (χ3n) is 3.43. The van der Waals surface area contributed by atoms with Crippen molar-refractivity contribution < 1.29 is 9.53 Å². The van der Waals surface area contributed by atoms with Crippen LogP contribution in [-0.4, -0.2) is 31.1 Å². The number of methoxy groups -OCH3 is 1. The largest absolute Gasteiger partial charge is 0.469 e. The smallest absolute Gasteiger partial charge is 0.309 e. The lowest BCUT2D eigenvalue weighted by molar-refractivity contribution is -0.147. The summed E-state index contributed by atoms with van der Waals surface area (Å²) in [5.41, 5.74) is 1.11. The second kappa shape index (κ2) is 6.60. The highest BCUT2D eigenvalue weighted by atomic mass is 35.5. The maximum Gasteiger partial charge on any atom is 0.309 e. The topological polar surface area (TPSA) is 29.5 Å². The fraction of sp³-hybridized carbons (Fsp3) is 0.500. The molecule has 1 aliphatic rings. The van der Waals surface area contributed by atoms with Crippen molar-refractivity contribution in [1.82, 2.24) is 4.90 Å². The molecule has 0 unspecified atom stereocenters. The predicted molar refractivity (Wildman–Crippen MR) is 76.5 cm³/mol. The van der Waals surface area contributed by atoms with Gasteiger partial charge in [-0.05, 0) is 37.1 Å². The van der Waals surface area contributed by atoms with Crippen LogP contribution in [0.2, 0.25) is 10.0 Å². The van der Waals surface area contributed by atoms with E-state index in [4.69, 9.17) is 27.9 Å². The molecule has 0 bridgehead atoms. The van der Waals surface area contributed by atoms with Gasteiger partial charge in [-0.25, -0.2) is 0 Å². The molecule has 2 rings (SSSR count). The van der Waals surface area contributed by atoms with Crippen LogP contribution in [-0.2, 0) is 16.1 Å². The minimum atomic E-state index is -0.112. The van der Waals surface area contributed by atoms with Crippen molar-refractivity contribution in [3.8, 4) is 0 Å². The van der Waals surface area contributed by atoms with Crippen LogP contribution in [0.3, 0.4) is 0 Å². The Morgan fingerprint density at radius 2 is 2.21 bits per heavy atom. The molecule has 1 saturated heterocycles. The monoisotopic (exact) mass is 301 g/mol. The van der Waals surface area contributed by atoms with Gasteiger partial charge in [0.05, 0.1) is 23.1 Å². The zero-order valence-electron chi connectivity index (χ0n) is 10.9. The summed E-state index contributed by atoms with van der Waals surface area (Å²) < 4.78 is 4.82. The number of carbonyl (C=O) groups excluding carboxylic acids is 1. The lowest BCUT2D eigenvalue weighted by Gasteiger charge is -2.31. The maximum atomic E-state index is 11.6. The minimum absolute atomic E-state index is 0.0125. The Bertz CT molecular complexity index is 465. The van der Waals surface area contributed by atoms with Crippen molar-refractivity contribution in [2.75, 3.05) is 20.2 Å². The lowest BCUT2D eigenvalue weighted by Crippen LogP contribution is -2.38. The van der Waals surface area contributed by atoms with Gasteiger partial charge in [-0.15, -0.1) is 0 Å². The van der Waals surface area contributed by atoms with Crippen LogP contribution in [0, 0.1) is 5.92 Å². The molecular formula is C14H17Cl2NO2. The number of esters is 1. The Morgan fingerprint density at radius 1 is 1.42 bits per heavy atom. The molecule has 0 aromatic heterocycles. The highest BCUT2D eigenvalue weighted by molar-refractivity contribution is 6.42. The van der Waals surface area contributed by atoms with Crippen LogP contribution >= 0.6 is 23.2 Å². The van der Waals surface area contributed by atoms with Crippen LogP contribution < -0.4 is 0 Å². The summed E-state index contributed by atoms with van der Waals surface area (Å²) in [5.74, 6) is -0.125. The van der Waals surface area contributed by atoms with Crippen LogP contribution in [0.1, 0.15) is 18.4 Å². The van der Waals surface area contributed by atoms with E-state index in [1.54, 1.807) is 6.07 Å². The van der Waals surface area contributed by atoms with Gasteiger partial charge in [0.25, 0.3) is 0 Å². The fourth-order valence-corrected chi connectivity index (χ4v) is 2.78. The molecule has 104 valence electrons. The number of nitrogens with zero attached hydrogens (tertiary/aromatic N) is 1. The quantitative estimate of drug-likeness (QED) is 0.802. The summed E-state index contributed by atoms with van der Waals surface area (Å²) in [4.78, 5) is 13.8. The number of ether oxygens (including phenoxy) is 1. The molecule has 0 saturated carbocycles. The number of halogens is 2. The van der Waals surface area contributed by atoms with Gasteiger partial charge in [-0.1, -0.05) is 29.3 Å². The number of piperidine rings is 1. The standard InChI is InChI=1S/C14H17Cl2NO2/c1-19-14(18)11-3-2-6-17(9-11)8-10-4-5-12(15)13(16)7-10/h4-5,7,11H,2-3,6,8-9H2,1H3/t11-/m0/s1. The van der Waals surface area contributed by atoms with Gasteiger partial charge in [0.1, 0.15) is 0 Å². The van der Waals surface area contributed by atoms with Crippen molar-refractivity contribution in [2.24, 2.45) is 5.92 Å². The molecule has 1 fully saturated rings. The van der Waals surface area contributed by atoms with E-state index < -0.39 is 0 Å². The first-order valence-electron chi connectivity index (χ1n) is 6.34. The van der Waals surface area contributed by atoms with Crippen molar-refractivity contribution >= 4 is 29.2 Å². The van der Waals surface area contributed by atoms with Gasteiger partial charge in [0.15, 0.2) is 0 Å². The average molecular weight is 302 g/mol. The van der Waals surface area contributed by atoms with Gasteiger partial charge in [0.2, 0.25) is 0 Å². The van der Waals surface area contributed by atoms with Crippen LogP contribution in [0.25, 0.3) is 0 Å². The molecular weight excluding hydrogens is 285 g/mol. The number of carbonyl (C=O) groups is 1. The Labute approximate surface area is 123 Å². The highest BCUT2D eigenvalue weighted by Gasteiger charge is 2.26. The SMILES string of the molecule is COC(=O)[C@H]1CCCN(Cc2ccc(Cl)c(Cl)c2)C1.